The summed E-state index contributed by atoms with van der Waals surface area (Å²) in [5.74, 6) is 0.636. The van der Waals surface area contributed by atoms with Gasteiger partial charge in [-0.1, -0.05) is 31.5 Å². The van der Waals surface area contributed by atoms with Crippen molar-refractivity contribution in [3.05, 3.63) is 34.7 Å². The Balaban J connectivity index is 1.72. The van der Waals surface area contributed by atoms with Crippen LogP contribution in [0.5, 0.6) is 5.75 Å². The minimum atomic E-state index is -0.176. The third kappa shape index (κ3) is 4.19. The molecule has 24 heavy (non-hydrogen) atoms. The molecule has 128 valence electrons. The summed E-state index contributed by atoms with van der Waals surface area (Å²) in [4.78, 5) is 19.2. The number of aliphatic imine (C=N–C) groups is 1. The molecule has 0 radical (unpaired) electrons. The third-order valence-corrected chi connectivity index (χ3v) is 4.90. The van der Waals surface area contributed by atoms with Gasteiger partial charge < -0.3 is 14.4 Å². The van der Waals surface area contributed by atoms with Crippen molar-refractivity contribution in [1.82, 2.24) is 4.90 Å². The lowest BCUT2D eigenvalue weighted by atomic mass is 10.2. The predicted molar refractivity (Wildman–Crippen MR) is 97.2 cm³/mol. The van der Waals surface area contributed by atoms with Gasteiger partial charge in [-0.05, 0) is 30.3 Å². The molecule has 1 aromatic carbocycles. The zero-order valence-electron chi connectivity index (χ0n) is 13.9. The van der Waals surface area contributed by atoms with Crippen LogP contribution in [0.15, 0.2) is 34.2 Å². The highest BCUT2D eigenvalue weighted by atomic mass is 32.2. The van der Waals surface area contributed by atoms with Crippen LogP contribution in [0.2, 0.25) is 0 Å². The monoisotopic (exact) mass is 346 g/mol. The molecule has 5 nitrogen and oxygen atoms in total. The van der Waals surface area contributed by atoms with Gasteiger partial charge in [-0.15, -0.1) is 0 Å². The quantitative estimate of drug-likeness (QED) is 0.605. The molecule has 0 bridgehead atoms. The zero-order valence-corrected chi connectivity index (χ0v) is 14.7. The number of amides is 1. The second-order valence-corrected chi connectivity index (χ2v) is 6.66. The highest BCUT2D eigenvalue weighted by molar-refractivity contribution is 8.18. The van der Waals surface area contributed by atoms with E-state index < -0.39 is 0 Å². The van der Waals surface area contributed by atoms with E-state index in [9.17, 15) is 4.79 Å². The summed E-state index contributed by atoms with van der Waals surface area (Å²) in [6.45, 7) is 5.75. The van der Waals surface area contributed by atoms with E-state index in [1.165, 1.54) is 11.8 Å². The molecular formula is C18H22N2O3S. The van der Waals surface area contributed by atoms with Crippen LogP contribution in [-0.2, 0) is 9.53 Å². The van der Waals surface area contributed by atoms with E-state index in [-0.39, 0.29) is 5.91 Å². The highest BCUT2D eigenvalue weighted by Crippen LogP contribution is 2.32. The molecule has 2 aliphatic rings. The topological polar surface area (TPSA) is 51.1 Å². The molecule has 0 saturated carbocycles. The Hall–Kier alpha value is -1.79. The Bertz CT molecular complexity index is 651. The number of hydrogen-bond donors (Lipinski definition) is 0. The van der Waals surface area contributed by atoms with Crippen molar-refractivity contribution in [3.63, 3.8) is 0 Å². The van der Waals surface area contributed by atoms with E-state index in [2.05, 4.69) is 16.8 Å². The summed E-state index contributed by atoms with van der Waals surface area (Å²) in [6, 6.07) is 7.81. The number of ether oxygens (including phenoxy) is 2. The number of thioether (sulfide) groups is 1. The first-order valence-corrected chi connectivity index (χ1v) is 9.16. The van der Waals surface area contributed by atoms with Gasteiger partial charge in [-0.3, -0.25) is 4.79 Å². The number of benzene rings is 1. The van der Waals surface area contributed by atoms with Crippen molar-refractivity contribution in [2.75, 3.05) is 32.9 Å². The summed E-state index contributed by atoms with van der Waals surface area (Å²) in [5, 5.41) is 0.777. The summed E-state index contributed by atoms with van der Waals surface area (Å²) in [5.41, 5.74) is 0.919. The van der Waals surface area contributed by atoms with Crippen LogP contribution in [-0.4, -0.2) is 48.9 Å². The smallest absolute Gasteiger partial charge is 0.286 e. The normalized spacial score (nSPS) is 19.7. The van der Waals surface area contributed by atoms with Gasteiger partial charge in [0.2, 0.25) is 0 Å². The maximum Gasteiger partial charge on any atom is 0.286 e. The molecule has 1 saturated heterocycles. The fraction of sp³-hybridized carbons (Fsp3) is 0.444. The molecular weight excluding hydrogens is 324 g/mol. The van der Waals surface area contributed by atoms with Crippen LogP contribution in [0.4, 0.5) is 0 Å². The fourth-order valence-corrected chi connectivity index (χ4v) is 3.44. The van der Waals surface area contributed by atoms with Crippen LogP contribution >= 0.6 is 11.8 Å². The lowest BCUT2D eigenvalue weighted by Gasteiger charge is -2.27. The summed E-state index contributed by atoms with van der Waals surface area (Å²) < 4.78 is 11.2. The van der Waals surface area contributed by atoms with Crippen molar-refractivity contribution >= 4 is 28.9 Å². The van der Waals surface area contributed by atoms with Crippen LogP contribution in [0.25, 0.3) is 6.08 Å². The zero-order chi connectivity index (χ0) is 16.8. The SMILES string of the molecule is CCCCOc1ccccc1/C=C1/SC(N2CCOCC2)=NC1=O. The number of morpholine rings is 1. The number of hydrogen-bond acceptors (Lipinski definition) is 5. The van der Waals surface area contributed by atoms with E-state index in [1.807, 2.05) is 30.3 Å². The van der Waals surface area contributed by atoms with E-state index in [0.717, 1.165) is 42.4 Å². The summed E-state index contributed by atoms with van der Waals surface area (Å²) >= 11 is 1.43. The molecule has 3 rings (SSSR count). The van der Waals surface area contributed by atoms with Gasteiger partial charge in [0.25, 0.3) is 5.91 Å². The summed E-state index contributed by atoms with van der Waals surface area (Å²) in [6.07, 6.45) is 3.99. The van der Waals surface area contributed by atoms with Crippen molar-refractivity contribution in [3.8, 4) is 5.75 Å². The van der Waals surface area contributed by atoms with Crippen molar-refractivity contribution < 1.29 is 14.3 Å². The first kappa shape index (κ1) is 17.0. The number of rotatable bonds is 5. The predicted octanol–water partition coefficient (Wildman–Crippen LogP) is 3.17. The van der Waals surface area contributed by atoms with Gasteiger partial charge in [0.05, 0.1) is 24.7 Å². The largest absolute Gasteiger partial charge is 0.493 e. The number of carbonyl (C=O) groups is 1. The number of carbonyl (C=O) groups excluding carboxylic acids is 1. The first-order chi connectivity index (χ1) is 11.8. The van der Waals surface area contributed by atoms with E-state index >= 15 is 0 Å². The van der Waals surface area contributed by atoms with Gasteiger partial charge in [0.15, 0.2) is 5.17 Å². The van der Waals surface area contributed by atoms with Gasteiger partial charge >= 0.3 is 0 Å². The van der Waals surface area contributed by atoms with Crippen LogP contribution < -0.4 is 4.74 Å². The van der Waals surface area contributed by atoms with Crippen molar-refractivity contribution in [1.29, 1.82) is 0 Å². The van der Waals surface area contributed by atoms with Gasteiger partial charge in [-0.2, -0.15) is 4.99 Å². The second-order valence-electron chi connectivity index (χ2n) is 5.65. The highest BCUT2D eigenvalue weighted by Gasteiger charge is 2.27. The average Bonchev–Trinajstić information content (AvgIpc) is 2.98. The Morgan fingerprint density at radius 1 is 1.33 bits per heavy atom. The molecule has 1 aromatic rings. The van der Waals surface area contributed by atoms with Gasteiger partial charge in [0, 0.05) is 18.7 Å². The Kier molecular flexibility index (Phi) is 5.93. The lowest BCUT2D eigenvalue weighted by Crippen LogP contribution is -2.38. The molecule has 1 fully saturated rings. The third-order valence-electron chi connectivity index (χ3n) is 3.85. The Morgan fingerprint density at radius 2 is 2.12 bits per heavy atom. The first-order valence-electron chi connectivity index (χ1n) is 8.35. The van der Waals surface area contributed by atoms with Crippen LogP contribution in [0, 0.1) is 0 Å². The molecule has 2 aliphatic heterocycles. The maximum absolute atomic E-state index is 12.2. The second kappa shape index (κ2) is 8.35. The van der Waals surface area contributed by atoms with E-state index in [4.69, 9.17) is 9.47 Å². The van der Waals surface area contributed by atoms with Crippen LogP contribution in [0.3, 0.4) is 0 Å². The number of para-hydroxylation sites is 1. The lowest BCUT2D eigenvalue weighted by molar-refractivity contribution is -0.113. The van der Waals surface area contributed by atoms with E-state index in [0.29, 0.717) is 24.7 Å². The number of unbranched alkanes of at least 4 members (excludes halogenated alkanes) is 1. The molecule has 0 aromatic heterocycles. The minimum absolute atomic E-state index is 0.176. The van der Waals surface area contributed by atoms with Crippen LogP contribution in [0.1, 0.15) is 25.3 Å². The average molecular weight is 346 g/mol. The number of nitrogens with zero attached hydrogens (tertiary/aromatic N) is 2. The van der Waals surface area contributed by atoms with Gasteiger partial charge in [-0.25, -0.2) is 0 Å². The van der Waals surface area contributed by atoms with Gasteiger partial charge in [0.1, 0.15) is 5.75 Å². The van der Waals surface area contributed by atoms with E-state index in [1.54, 1.807) is 0 Å². The maximum atomic E-state index is 12.2. The summed E-state index contributed by atoms with van der Waals surface area (Å²) in [7, 11) is 0. The molecule has 0 spiro atoms. The molecule has 0 unspecified atom stereocenters. The molecule has 0 atom stereocenters. The molecule has 1 amide bonds. The Morgan fingerprint density at radius 3 is 2.92 bits per heavy atom. The Labute approximate surface area is 146 Å². The van der Waals surface area contributed by atoms with Crippen molar-refractivity contribution in [2.45, 2.75) is 19.8 Å². The number of amidine groups is 1. The molecule has 6 heteroatoms. The molecule has 0 N–H and O–H groups in total. The minimum Gasteiger partial charge on any atom is -0.493 e. The molecule has 0 aliphatic carbocycles. The standard InChI is InChI=1S/C18H22N2O3S/c1-2-3-10-23-15-7-5-4-6-14(15)13-16-17(21)19-18(24-16)20-8-11-22-12-9-20/h4-7,13H,2-3,8-12H2,1H3/b16-13+. The fourth-order valence-electron chi connectivity index (χ4n) is 2.49. The molecule has 2 heterocycles. The van der Waals surface area contributed by atoms with Crippen molar-refractivity contribution in [2.24, 2.45) is 4.99 Å².